The van der Waals surface area contributed by atoms with Gasteiger partial charge in [-0.15, -0.1) is 0 Å². The quantitative estimate of drug-likeness (QED) is 0.680. The van der Waals surface area contributed by atoms with Gasteiger partial charge in [-0.2, -0.15) is 0 Å². The van der Waals surface area contributed by atoms with Crippen molar-refractivity contribution in [1.82, 2.24) is 0 Å². The van der Waals surface area contributed by atoms with Crippen LogP contribution in [0, 0.1) is 5.82 Å². The summed E-state index contributed by atoms with van der Waals surface area (Å²) < 4.78 is 18.3. The van der Waals surface area contributed by atoms with Gasteiger partial charge in [-0.3, -0.25) is 0 Å². The average molecular weight is 218 g/mol. The molecule has 2 nitrogen and oxygen atoms in total. The lowest BCUT2D eigenvalue weighted by atomic mass is 9.93. The topological polar surface area (TPSA) is 30.2 Å². The standard InChI is InChI=1S/C13H11FO2/c14-8-5-6-9-10-3-1-2-4-12(10)16-13(15)11(9)7-8/h5-7H,1-4H2. The fourth-order valence-corrected chi connectivity index (χ4v) is 2.39. The lowest BCUT2D eigenvalue weighted by Gasteiger charge is -2.15. The van der Waals surface area contributed by atoms with E-state index < -0.39 is 11.4 Å². The summed E-state index contributed by atoms with van der Waals surface area (Å²) in [5.41, 5.74) is 0.663. The highest BCUT2D eigenvalue weighted by molar-refractivity contribution is 5.85. The van der Waals surface area contributed by atoms with E-state index in [0.29, 0.717) is 5.39 Å². The Morgan fingerprint density at radius 1 is 1.12 bits per heavy atom. The molecule has 1 aromatic carbocycles. The summed E-state index contributed by atoms with van der Waals surface area (Å²) in [6, 6.07) is 4.35. The molecule has 0 unspecified atom stereocenters. The van der Waals surface area contributed by atoms with Crippen LogP contribution in [0.1, 0.15) is 24.2 Å². The van der Waals surface area contributed by atoms with E-state index in [4.69, 9.17) is 4.42 Å². The predicted octanol–water partition coefficient (Wildman–Crippen LogP) is 2.81. The van der Waals surface area contributed by atoms with Crippen LogP contribution in [0.15, 0.2) is 27.4 Å². The molecule has 0 spiro atoms. The molecule has 82 valence electrons. The van der Waals surface area contributed by atoms with Crippen molar-refractivity contribution < 1.29 is 8.81 Å². The molecule has 1 heterocycles. The summed E-state index contributed by atoms with van der Waals surface area (Å²) in [6.45, 7) is 0. The van der Waals surface area contributed by atoms with E-state index in [0.717, 1.165) is 42.4 Å². The molecule has 3 heteroatoms. The summed E-state index contributed by atoms with van der Waals surface area (Å²) in [5, 5.41) is 1.22. The van der Waals surface area contributed by atoms with Crippen molar-refractivity contribution in [2.75, 3.05) is 0 Å². The van der Waals surface area contributed by atoms with Gasteiger partial charge in [0.25, 0.3) is 0 Å². The van der Waals surface area contributed by atoms with Crippen LogP contribution in [-0.4, -0.2) is 0 Å². The summed E-state index contributed by atoms with van der Waals surface area (Å²) >= 11 is 0. The van der Waals surface area contributed by atoms with Gasteiger partial charge in [-0.25, -0.2) is 9.18 Å². The Morgan fingerprint density at radius 2 is 1.94 bits per heavy atom. The number of halogens is 1. The normalized spacial score (nSPS) is 15.1. The Labute approximate surface area is 91.7 Å². The zero-order valence-corrected chi connectivity index (χ0v) is 8.75. The van der Waals surface area contributed by atoms with Gasteiger partial charge in [0, 0.05) is 6.42 Å². The van der Waals surface area contributed by atoms with E-state index in [-0.39, 0.29) is 0 Å². The number of hydrogen-bond donors (Lipinski definition) is 0. The van der Waals surface area contributed by atoms with Gasteiger partial charge in [-0.1, -0.05) is 6.07 Å². The minimum absolute atomic E-state index is 0.362. The van der Waals surface area contributed by atoms with E-state index in [1.165, 1.54) is 12.1 Å². The summed E-state index contributed by atoms with van der Waals surface area (Å²) in [4.78, 5) is 11.7. The number of rotatable bonds is 0. The third-order valence-electron chi connectivity index (χ3n) is 3.16. The molecule has 1 aliphatic rings. The third kappa shape index (κ3) is 1.35. The van der Waals surface area contributed by atoms with Crippen LogP contribution in [0.25, 0.3) is 10.8 Å². The van der Waals surface area contributed by atoms with Crippen molar-refractivity contribution in [3.8, 4) is 0 Å². The predicted molar refractivity (Wildman–Crippen MR) is 59.1 cm³/mol. The molecule has 0 aliphatic heterocycles. The Hall–Kier alpha value is -1.64. The molecule has 0 radical (unpaired) electrons. The van der Waals surface area contributed by atoms with Crippen molar-refractivity contribution in [3.63, 3.8) is 0 Å². The highest BCUT2D eigenvalue weighted by atomic mass is 19.1. The second-order valence-corrected chi connectivity index (χ2v) is 4.19. The molecule has 0 atom stereocenters. The molecule has 2 aromatic rings. The Bertz CT molecular complexity index is 613. The SMILES string of the molecule is O=c1oc2c(c3ccc(F)cc13)CCCC2. The first-order valence-electron chi connectivity index (χ1n) is 5.50. The van der Waals surface area contributed by atoms with Crippen molar-refractivity contribution in [3.05, 3.63) is 45.8 Å². The van der Waals surface area contributed by atoms with Crippen LogP contribution in [0.4, 0.5) is 4.39 Å². The van der Waals surface area contributed by atoms with Gasteiger partial charge in [0.1, 0.15) is 11.6 Å². The average Bonchev–Trinajstić information content (AvgIpc) is 2.29. The molecule has 0 N–H and O–H groups in total. The van der Waals surface area contributed by atoms with Gasteiger partial charge >= 0.3 is 5.63 Å². The summed E-state index contributed by atoms with van der Waals surface area (Å²) in [7, 11) is 0. The van der Waals surface area contributed by atoms with E-state index in [1.54, 1.807) is 6.07 Å². The summed E-state index contributed by atoms with van der Waals surface area (Å²) in [5.74, 6) is 0.394. The number of hydrogen-bond acceptors (Lipinski definition) is 2. The summed E-state index contributed by atoms with van der Waals surface area (Å²) in [6.07, 6.45) is 3.90. The zero-order valence-electron chi connectivity index (χ0n) is 8.75. The molecule has 0 saturated heterocycles. The van der Waals surface area contributed by atoms with Gasteiger partial charge in [0.05, 0.1) is 5.39 Å². The largest absolute Gasteiger partial charge is 0.427 e. The molecule has 0 saturated carbocycles. The Morgan fingerprint density at radius 3 is 2.81 bits per heavy atom. The highest BCUT2D eigenvalue weighted by Crippen LogP contribution is 2.27. The first-order chi connectivity index (χ1) is 7.75. The van der Waals surface area contributed by atoms with Crippen molar-refractivity contribution >= 4 is 10.8 Å². The number of fused-ring (bicyclic) bond motifs is 3. The van der Waals surface area contributed by atoms with E-state index in [1.807, 2.05) is 0 Å². The fraction of sp³-hybridized carbons (Fsp3) is 0.308. The fourth-order valence-electron chi connectivity index (χ4n) is 2.39. The smallest absolute Gasteiger partial charge is 0.343 e. The van der Waals surface area contributed by atoms with Crippen molar-refractivity contribution in [1.29, 1.82) is 0 Å². The molecule has 0 amide bonds. The first-order valence-corrected chi connectivity index (χ1v) is 5.50. The molecule has 3 rings (SSSR count). The van der Waals surface area contributed by atoms with E-state index >= 15 is 0 Å². The van der Waals surface area contributed by atoms with Crippen LogP contribution in [-0.2, 0) is 12.8 Å². The molecule has 16 heavy (non-hydrogen) atoms. The van der Waals surface area contributed by atoms with Crippen LogP contribution < -0.4 is 5.63 Å². The minimum Gasteiger partial charge on any atom is -0.427 e. The first kappa shape index (κ1) is 9.58. The van der Waals surface area contributed by atoms with E-state index in [9.17, 15) is 9.18 Å². The number of aryl methyl sites for hydroxylation is 2. The van der Waals surface area contributed by atoms with Gasteiger partial charge in [0.2, 0.25) is 0 Å². The molecule has 0 fully saturated rings. The molecule has 1 aromatic heterocycles. The number of benzene rings is 1. The third-order valence-corrected chi connectivity index (χ3v) is 3.16. The Kier molecular flexibility index (Phi) is 2.06. The molecule has 0 bridgehead atoms. The molecular formula is C13H11FO2. The maximum absolute atomic E-state index is 13.1. The lowest BCUT2D eigenvalue weighted by molar-refractivity contribution is 0.435. The molecule has 1 aliphatic carbocycles. The van der Waals surface area contributed by atoms with Crippen molar-refractivity contribution in [2.45, 2.75) is 25.7 Å². The van der Waals surface area contributed by atoms with Gasteiger partial charge in [-0.05, 0) is 42.3 Å². The maximum atomic E-state index is 13.1. The van der Waals surface area contributed by atoms with E-state index in [2.05, 4.69) is 0 Å². The zero-order chi connectivity index (χ0) is 11.1. The van der Waals surface area contributed by atoms with Gasteiger partial charge < -0.3 is 4.42 Å². The monoisotopic (exact) mass is 218 g/mol. The lowest BCUT2D eigenvalue weighted by Crippen LogP contribution is -2.10. The maximum Gasteiger partial charge on any atom is 0.343 e. The van der Waals surface area contributed by atoms with Crippen LogP contribution >= 0.6 is 0 Å². The van der Waals surface area contributed by atoms with Gasteiger partial charge in [0.15, 0.2) is 0 Å². The molecular weight excluding hydrogens is 207 g/mol. The minimum atomic E-state index is -0.421. The highest BCUT2D eigenvalue weighted by Gasteiger charge is 2.17. The Balaban J connectivity index is 2.42. The van der Waals surface area contributed by atoms with Crippen molar-refractivity contribution in [2.24, 2.45) is 0 Å². The van der Waals surface area contributed by atoms with Crippen LogP contribution in [0.5, 0.6) is 0 Å². The second kappa shape index (κ2) is 3.44. The van der Waals surface area contributed by atoms with Crippen LogP contribution in [0.2, 0.25) is 0 Å². The van der Waals surface area contributed by atoms with Crippen LogP contribution in [0.3, 0.4) is 0 Å². The second-order valence-electron chi connectivity index (χ2n) is 4.19.